The highest BCUT2D eigenvalue weighted by Gasteiger charge is 2.43. The molecule has 4 nitrogen and oxygen atoms in total. The molecule has 0 spiro atoms. The van der Waals surface area contributed by atoms with Crippen molar-refractivity contribution in [2.24, 2.45) is 17.8 Å². The standard InChI is InChI=1S/C12H17N3OS/c1-2-10-14-15-12(17-10)13-11(16)9-6-7-3-4-8(9)5-7/h7-9H,2-6H2,1H3,(H,13,15,16)/t7-,8-,9-/m0/s1. The molecule has 0 unspecified atom stereocenters. The smallest absolute Gasteiger partial charge is 0.229 e. The molecule has 5 heteroatoms. The van der Waals surface area contributed by atoms with Crippen molar-refractivity contribution in [2.75, 3.05) is 5.32 Å². The molecular weight excluding hydrogens is 234 g/mol. The van der Waals surface area contributed by atoms with Gasteiger partial charge in [-0.05, 0) is 37.5 Å². The highest BCUT2D eigenvalue weighted by Crippen LogP contribution is 2.48. The summed E-state index contributed by atoms with van der Waals surface area (Å²) in [5.41, 5.74) is 0. The molecule has 2 aliphatic carbocycles. The average molecular weight is 251 g/mol. The molecule has 3 rings (SSSR count). The summed E-state index contributed by atoms with van der Waals surface area (Å²) in [6, 6.07) is 0. The normalized spacial score (nSPS) is 30.8. The molecule has 17 heavy (non-hydrogen) atoms. The Labute approximate surface area is 105 Å². The number of hydrogen-bond donors (Lipinski definition) is 1. The van der Waals surface area contributed by atoms with Crippen LogP contribution in [0.4, 0.5) is 5.13 Å². The van der Waals surface area contributed by atoms with Gasteiger partial charge in [-0.15, -0.1) is 10.2 Å². The van der Waals surface area contributed by atoms with Crippen molar-refractivity contribution in [3.63, 3.8) is 0 Å². The van der Waals surface area contributed by atoms with Crippen LogP contribution in [0.1, 0.15) is 37.6 Å². The van der Waals surface area contributed by atoms with Crippen LogP contribution in [0.3, 0.4) is 0 Å². The Kier molecular flexibility index (Phi) is 2.86. The highest BCUT2D eigenvalue weighted by molar-refractivity contribution is 7.15. The first kappa shape index (κ1) is 11.1. The van der Waals surface area contributed by atoms with Gasteiger partial charge in [-0.3, -0.25) is 4.79 Å². The van der Waals surface area contributed by atoms with E-state index in [1.165, 1.54) is 30.6 Å². The van der Waals surface area contributed by atoms with Gasteiger partial charge in [-0.25, -0.2) is 0 Å². The quantitative estimate of drug-likeness (QED) is 0.898. The van der Waals surface area contributed by atoms with E-state index in [4.69, 9.17) is 0 Å². The van der Waals surface area contributed by atoms with Crippen LogP contribution in [0.15, 0.2) is 0 Å². The number of fused-ring (bicyclic) bond motifs is 2. The lowest BCUT2D eigenvalue weighted by molar-refractivity contribution is -0.121. The minimum absolute atomic E-state index is 0.163. The topological polar surface area (TPSA) is 54.9 Å². The van der Waals surface area contributed by atoms with Crippen LogP contribution in [0, 0.1) is 17.8 Å². The van der Waals surface area contributed by atoms with Gasteiger partial charge in [-0.1, -0.05) is 24.7 Å². The fourth-order valence-corrected chi connectivity index (χ4v) is 3.89. The van der Waals surface area contributed by atoms with Crippen molar-refractivity contribution in [3.05, 3.63) is 5.01 Å². The van der Waals surface area contributed by atoms with Gasteiger partial charge in [0.25, 0.3) is 0 Å². The van der Waals surface area contributed by atoms with Crippen molar-refractivity contribution < 1.29 is 4.79 Å². The third kappa shape index (κ3) is 2.08. The fourth-order valence-electron chi connectivity index (χ4n) is 3.21. The average Bonchev–Trinajstić information content (AvgIpc) is 3.04. The predicted molar refractivity (Wildman–Crippen MR) is 66.9 cm³/mol. The number of amides is 1. The number of carbonyl (C=O) groups is 1. The van der Waals surface area contributed by atoms with E-state index in [0.717, 1.165) is 23.8 Å². The molecule has 92 valence electrons. The Morgan fingerprint density at radius 3 is 2.88 bits per heavy atom. The van der Waals surface area contributed by atoms with Crippen LogP contribution in [-0.2, 0) is 11.2 Å². The Bertz CT molecular complexity index is 431. The summed E-state index contributed by atoms with van der Waals surface area (Å²) >= 11 is 1.49. The maximum atomic E-state index is 12.1. The van der Waals surface area contributed by atoms with E-state index in [9.17, 15) is 4.79 Å². The van der Waals surface area contributed by atoms with Crippen LogP contribution in [0.25, 0.3) is 0 Å². The van der Waals surface area contributed by atoms with Crippen LogP contribution >= 0.6 is 11.3 Å². The second-order valence-corrected chi connectivity index (χ2v) is 6.19. The molecule has 2 saturated carbocycles. The van der Waals surface area contributed by atoms with Crippen molar-refractivity contribution in [3.8, 4) is 0 Å². The number of nitrogens with zero attached hydrogens (tertiary/aromatic N) is 2. The van der Waals surface area contributed by atoms with Gasteiger partial charge in [0.1, 0.15) is 5.01 Å². The van der Waals surface area contributed by atoms with E-state index in [1.54, 1.807) is 0 Å². The number of anilines is 1. The molecule has 2 fully saturated rings. The molecule has 0 radical (unpaired) electrons. The maximum Gasteiger partial charge on any atom is 0.229 e. The molecule has 1 aromatic heterocycles. The maximum absolute atomic E-state index is 12.1. The number of nitrogens with one attached hydrogen (secondary N) is 1. The first-order valence-corrected chi connectivity index (χ1v) is 7.21. The SMILES string of the molecule is CCc1nnc(NC(=O)[C@H]2C[C@H]3CC[C@H]2C3)s1. The Balaban J connectivity index is 1.63. The van der Waals surface area contributed by atoms with E-state index < -0.39 is 0 Å². The van der Waals surface area contributed by atoms with E-state index in [-0.39, 0.29) is 11.8 Å². The number of rotatable bonds is 3. The second kappa shape index (κ2) is 4.37. The summed E-state index contributed by atoms with van der Waals surface area (Å²) < 4.78 is 0. The van der Waals surface area contributed by atoms with Gasteiger partial charge >= 0.3 is 0 Å². The number of aryl methyl sites for hydroxylation is 1. The zero-order valence-electron chi connectivity index (χ0n) is 9.98. The summed E-state index contributed by atoms with van der Waals surface area (Å²) in [5.74, 6) is 1.81. The third-order valence-electron chi connectivity index (χ3n) is 4.07. The summed E-state index contributed by atoms with van der Waals surface area (Å²) in [4.78, 5) is 12.1. The van der Waals surface area contributed by atoms with E-state index in [0.29, 0.717) is 11.0 Å². The molecule has 2 bridgehead atoms. The van der Waals surface area contributed by atoms with Crippen LogP contribution < -0.4 is 5.32 Å². The monoisotopic (exact) mass is 251 g/mol. The summed E-state index contributed by atoms with van der Waals surface area (Å²) in [6.45, 7) is 2.04. The van der Waals surface area contributed by atoms with Crippen LogP contribution in [0.2, 0.25) is 0 Å². The number of carbonyl (C=O) groups excluding carboxylic acids is 1. The van der Waals surface area contributed by atoms with Gasteiger partial charge in [0.2, 0.25) is 11.0 Å². The van der Waals surface area contributed by atoms with Gasteiger partial charge in [-0.2, -0.15) is 0 Å². The first-order valence-electron chi connectivity index (χ1n) is 6.39. The fraction of sp³-hybridized carbons (Fsp3) is 0.750. The molecule has 0 saturated heterocycles. The molecule has 1 N–H and O–H groups in total. The van der Waals surface area contributed by atoms with Crippen molar-refractivity contribution in [1.82, 2.24) is 10.2 Å². The van der Waals surface area contributed by atoms with Gasteiger partial charge in [0.15, 0.2) is 0 Å². The number of hydrogen-bond acceptors (Lipinski definition) is 4. The lowest BCUT2D eigenvalue weighted by atomic mass is 9.88. The Morgan fingerprint density at radius 1 is 1.41 bits per heavy atom. The summed E-state index contributed by atoms with van der Waals surface area (Å²) in [7, 11) is 0. The molecule has 2 aliphatic rings. The van der Waals surface area contributed by atoms with E-state index in [1.807, 2.05) is 6.92 Å². The minimum atomic E-state index is 0.163. The molecule has 0 aromatic carbocycles. The number of aromatic nitrogens is 2. The lowest BCUT2D eigenvalue weighted by Gasteiger charge is -2.19. The van der Waals surface area contributed by atoms with Crippen LogP contribution in [0.5, 0.6) is 0 Å². The van der Waals surface area contributed by atoms with Crippen molar-refractivity contribution in [2.45, 2.75) is 39.0 Å². The Morgan fingerprint density at radius 2 is 2.29 bits per heavy atom. The van der Waals surface area contributed by atoms with E-state index >= 15 is 0 Å². The molecular formula is C12H17N3OS. The molecule has 1 heterocycles. The van der Waals surface area contributed by atoms with Crippen molar-refractivity contribution >= 4 is 22.4 Å². The summed E-state index contributed by atoms with van der Waals surface area (Å²) in [6.07, 6.45) is 5.78. The zero-order chi connectivity index (χ0) is 11.8. The van der Waals surface area contributed by atoms with Crippen molar-refractivity contribution in [1.29, 1.82) is 0 Å². The third-order valence-corrected chi connectivity index (χ3v) is 5.06. The molecule has 3 atom stereocenters. The van der Waals surface area contributed by atoms with Gasteiger partial charge < -0.3 is 5.32 Å². The molecule has 1 aromatic rings. The zero-order valence-corrected chi connectivity index (χ0v) is 10.8. The van der Waals surface area contributed by atoms with Gasteiger partial charge in [0, 0.05) is 5.92 Å². The predicted octanol–water partition coefficient (Wildman–Crippen LogP) is 2.48. The molecule has 1 amide bonds. The van der Waals surface area contributed by atoms with E-state index in [2.05, 4.69) is 15.5 Å². The van der Waals surface area contributed by atoms with Crippen LogP contribution in [-0.4, -0.2) is 16.1 Å². The highest BCUT2D eigenvalue weighted by atomic mass is 32.1. The van der Waals surface area contributed by atoms with Gasteiger partial charge in [0.05, 0.1) is 0 Å². The largest absolute Gasteiger partial charge is 0.300 e. The molecule has 0 aliphatic heterocycles. The summed E-state index contributed by atoms with van der Waals surface area (Å²) in [5, 5.41) is 12.6. The Hall–Kier alpha value is -0.970. The second-order valence-electron chi connectivity index (χ2n) is 5.13. The lowest BCUT2D eigenvalue weighted by Crippen LogP contribution is -2.27. The minimum Gasteiger partial charge on any atom is -0.300 e. The first-order chi connectivity index (χ1) is 8.26.